The van der Waals surface area contributed by atoms with Gasteiger partial charge in [0.05, 0.1) is 12.2 Å². The maximum atomic E-state index is 11.1. The van der Waals surface area contributed by atoms with Crippen LogP contribution >= 0.6 is 0 Å². The molecule has 0 aliphatic rings. The van der Waals surface area contributed by atoms with Crippen molar-refractivity contribution in [3.63, 3.8) is 0 Å². The molecule has 0 aliphatic heterocycles. The molecule has 2 aromatic rings. The number of aromatic carboxylic acids is 1. The number of unbranched alkanes of at least 4 members (excludes halogenated alkanes) is 2. The van der Waals surface area contributed by atoms with Gasteiger partial charge >= 0.3 is 5.97 Å². The van der Waals surface area contributed by atoms with E-state index >= 15 is 0 Å². The van der Waals surface area contributed by atoms with Gasteiger partial charge < -0.3 is 9.84 Å². The molecule has 0 heterocycles. The summed E-state index contributed by atoms with van der Waals surface area (Å²) < 4.78 is 5.67. The summed E-state index contributed by atoms with van der Waals surface area (Å²) in [5.41, 5.74) is 0.329. The Morgan fingerprint density at radius 1 is 1.21 bits per heavy atom. The van der Waals surface area contributed by atoms with Crippen molar-refractivity contribution in [1.29, 1.82) is 0 Å². The molecule has 0 aliphatic carbocycles. The van der Waals surface area contributed by atoms with Gasteiger partial charge in [-0.05, 0) is 41.5 Å². The molecule has 0 fully saturated rings. The maximum absolute atomic E-state index is 11.1. The number of benzene rings is 2. The van der Waals surface area contributed by atoms with Crippen LogP contribution in [0.25, 0.3) is 10.8 Å². The third-order valence-corrected chi connectivity index (χ3v) is 3.10. The van der Waals surface area contributed by atoms with Crippen LogP contribution in [-0.2, 0) is 0 Å². The molecule has 0 spiro atoms. The molecule has 2 aromatic carbocycles. The number of hydrogen-bond donors (Lipinski definition) is 1. The first kappa shape index (κ1) is 13.4. The van der Waals surface area contributed by atoms with Crippen LogP contribution in [0.15, 0.2) is 36.4 Å². The average Bonchev–Trinajstić information content (AvgIpc) is 2.42. The lowest BCUT2D eigenvalue weighted by Gasteiger charge is -2.08. The van der Waals surface area contributed by atoms with Crippen molar-refractivity contribution in [1.82, 2.24) is 0 Å². The topological polar surface area (TPSA) is 46.5 Å². The minimum absolute atomic E-state index is 0.329. The molecule has 3 nitrogen and oxygen atoms in total. The van der Waals surface area contributed by atoms with E-state index < -0.39 is 5.97 Å². The zero-order valence-electron chi connectivity index (χ0n) is 11.1. The van der Waals surface area contributed by atoms with Gasteiger partial charge in [0.15, 0.2) is 0 Å². The molecule has 19 heavy (non-hydrogen) atoms. The van der Waals surface area contributed by atoms with Crippen LogP contribution in [0, 0.1) is 0 Å². The van der Waals surface area contributed by atoms with Crippen LogP contribution in [-0.4, -0.2) is 17.7 Å². The highest BCUT2D eigenvalue weighted by Crippen LogP contribution is 2.24. The van der Waals surface area contributed by atoms with Crippen molar-refractivity contribution in [2.24, 2.45) is 0 Å². The lowest BCUT2D eigenvalue weighted by atomic mass is 10.0. The van der Waals surface area contributed by atoms with E-state index in [0.29, 0.717) is 12.2 Å². The highest BCUT2D eigenvalue weighted by atomic mass is 16.5. The van der Waals surface area contributed by atoms with Crippen molar-refractivity contribution < 1.29 is 14.6 Å². The van der Waals surface area contributed by atoms with E-state index in [1.807, 2.05) is 24.3 Å². The second-order valence-corrected chi connectivity index (χ2v) is 4.55. The first-order valence-corrected chi connectivity index (χ1v) is 6.61. The van der Waals surface area contributed by atoms with Gasteiger partial charge in [0.1, 0.15) is 5.75 Å². The molecule has 0 saturated carbocycles. The minimum Gasteiger partial charge on any atom is -0.494 e. The largest absolute Gasteiger partial charge is 0.494 e. The van der Waals surface area contributed by atoms with Gasteiger partial charge in [0.25, 0.3) is 0 Å². The van der Waals surface area contributed by atoms with E-state index in [-0.39, 0.29) is 0 Å². The molecule has 0 radical (unpaired) electrons. The molecule has 100 valence electrons. The summed E-state index contributed by atoms with van der Waals surface area (Å²) in [5, 5.41) is 10.8. The van der Waals surface area contributed by atoms with E-state index in [0.717, 1.165) is 29.4 Å². The Labute approximate surface area is 112 Å². The third kappa shape index (κ3) is 3.25. The highest BCUT2D eigenvalue weighted by Gasteiger charge is 2.08. The van der Waals surface area contributed by atoms with Crippen LogP contribution in [0.5, 0.6) is 5.75 Å². The summed E-state index contributed by atoms with van der Waals surface area (Å²) in [6.07, 6.45) is 3.38. The summed E-state index contributed by atoms with van der Waals surface area (Å²) in [7, 11) is 0. The molecule has 1 N–H and O–H groups in total. The quantitative estimate of drug-likeness (QED) is 0.793. The van der Waals surface area contributed by atoms with Gasteiger partial charge in [-0.2, -0.15) is 0 Å². The number of hydrogen-bond acceptors (Lipinski definition) is 2. The molecule has 0 unspecified atom stereocenters. The number of carbonyl (C=O) groups is 1. The molecule has 0 amide bonds. The van der Waals surface area contributed by atoms with Crippen molar-refractivity contribution >= 4 is 16.7 Å². The van der Waals surface area contributed by atoms with Crippen molar-refractivity contribution in [2.75, 3.05) is 6.61 Å². The van der Waals surface area contributed by atoms with E-state index in [2.05, 4.69) is 6.92 Å². The fourth-order valence-electron chi connectivity index (χ4n) is 2.08. The highest BCUT2D eigenvalue weighted by molar-refractivity contribution is 6.03. The third-order valence-electron chi connectivity index (χ3n) is 3.10. The monoisotopic (exact) mass is 258 g/mol. The Bertz CT molecular complexity index is 575. The number of rotatable bonds is 6. The van der Waals surface area contributed by atoms with E-state index in [1.54, 1.807) is 12.1 Å². The van der Waals surface area contributed by atoms with Gasteiger partial charge in [0.2, 0.25) is 0 Å². The van der Waals surface area contributed by atoms with Crippen LogP contribution in [0.4, 0.5) is 0 Å². The Morgan fingerprint density at radius 3 is 2.79 bits per heavy atom. The van der Waals surface area contributed by atoms with Gasteiger partial charge in [-0.25, -0.2) is 4.79 Å². The number of carboxylic acids is 1. The Hall–Kier alpha value is -2.03. The fourth-order valence-corrected chi connectivity index (χ4v) is 2.08. The van der Waals surface area contributed by atoms with Crippen molar-refractivity contribution in [3.8, 4) is 5.75 Å². The Kier molecular flexibility index (Phi) is 4.39. The van der Waals surface area contributed by atoms with Crippen LogP contribution in [0.1, 0.15) is 36.5 Å². The van der Waals surface area contributed by atoms with Crippen molar-refractivity contribution in [3.05, 3.63) is 42.0 Å². The van der Waals surface area contributed by atoms with Crippen LogP contribution < -0.4 is 4.74 Å². The number of ether oxygens (including phenoxy) is 1. The minimum atomic E-state index is -0.901. The maximum Gasteiger partial charge on any atom is 0.336 e. The first-order chi connectivity index (χ1) is 9.22. The predicted molar refractivity (Wildman–Crippen MR) is 75.9 cm³/mol. The summed E-state index contributed by atoms with van der Waals surface area (Å²) >= 11 is 0. The second kappa shape index (κ2) is 6.23. The van der Waals surface area contributed by atoms with E-state index in [9.17, 15) is 4.79 Å². The standard InChI is InChI=1S/C16H18O3/c1-2-3-4-10-19-13-8-9-14-12(11-13)6-5-7-15(14)16(17)18/h5-9,11H,2-4,10H2,1H3,(H,17,18). The summed E-state index contributed by atoms with van der Waals surface area (Å²) in [5.74, 6) is -0.103. The number of carboxylic acid groups (broad SMARTS) is 1. The van der Waals surface area contributed by atoms with E-state index in [4.69, 9.17) is 9.84 Å². The summed E-state index contributed by atoms with van der Waals surface area (Å²) in [6.45, 7) is 2.86. The molecular formula is C16H18O3. The Balaban J connectivity index is 2.19. The normalized spacial score (nSPS) is 10.6. The smallest absolute Gasteiger partial charge is 0.336 e. The zero-order valence-corrected chi connectivity index (χ0v) is 11.1. The van der Waals surface area contributed by atoms with Gasteiger partial charge in [-0.3, -0.25) is 0 Å². The SMILES string of the molecule is CCCCCOc1ccc2c(C(=O)O)cccc2c1. The predicted octanol–water partition coefficient (Wildman–Crippen LogP) is 4.11. The lowest BCUT2D eigenvalue weighted by molar-refractivity contribution is 0.0699. The van der Waals surface area contributed by atoms with Gasteiger partial charge in [-0.1, -0.05) is 31.9 Å². The lowest BCUT2D eigenvalue weighted by Crippen LogP contribution is -1.99. The Morgan fingerprint density at radius 2 is 2.05 bits per heavy atom. The average molecular weight is 258 g/mol. The molecule has 2 rings (SSSR count). The summed E-state index contributed by atoms with van der Waals surface area (Å²) in [6, 6.07) is 10.8. The molecule has 0 bridgehead atoms. The zero-order chi connectivity index (χ0) is 13.7. The second-order valence-electron chi connectivity index (χ2n) is 4.55. The molecule has 0 aromatic heterocycles. The summed E-state index contributed by atoms with van der Waals surface area (Å²) in [4.78, 5) is 11.1. The van der Waals surface area contributed by atoms with Gasteiger partial charge in [0, 0.05) is 0 Å². The molecular weight excluding hydrogens is 240 g/mol. The van der Waals surface area contributed by atoms with Crippen LogP contribution in [0.3, 0.4) is 0 Å². The molecule has 0 atom stereocenters. The van der Waals surface area contributed by atoms with Crippen molar-refractivity contribution in [2.45, 2.75) is 26.2 Å². The van der Waals surface area contributed by atoms with E-state index in [1.165, 1.54) is 6.42 Å². The van der Waals surface area contributed by atoms with Gasteiger partial charge in [-0.15, -0.1) is 0 Å². The molecule has 3 heteroatoms. The fraction of sp³-hybridized carbons (Fsp3) is 0.312. The first-order valence-electron chi connectivity index (χ1n) is 6.61. The van der Waals surface area contributed by atoms with Crippen LogP contribution in [0.2, 0.25) is 0 Å². The molecule has 0 saturated heterocycles. The number of fused-ring (bicyclic) bond motifs is 1.